The van der Waals surface area contributed by atoms with Crippen molar-refractivity contribution in [1.82, 2.24) is 20.0 Å². The maximum Gasteiger partial charge on any atom is 0.255 e. The van der Waals surface area contributed by atoms with Crippen molar-refractivity contribution in [1.29, 1.82) is 0 Å². The van der Waals surface area contributed by atoms with E-state index in [1.165, 1.54) is 12.1 Å². The van der Waals surface area contributed by atoms with Gasteiger partial charge in [-0.1, -0.05) is 20.8 Å². The largest absolute Gasteiger partial charge is 0.370 e. The number of benzene rings is 1. The lowest BCUT2D eigenvalue weighted by Crippen LogP contribution is -2.31. The summed E-state index contributed by atoms with van der Waals surface area (Å²) < 4.78 is 15.8. The SMILES string of the molecule is CCn1cc(C(=O)NCc2cc(F)ccc2N2CCCN(C)CC2)c(C(C)(C)C)n1. The summed E-state index contributed by atoms with van der Waals surface area (Å²) in [5.74, 6) is -0.463. The molecule has 1 saturated heterocycles. The highest BCUT2D eigenvalue weighted by Crippen LogP contribution is 2.26. The molecule has 3 rings (SSSR count). The fourth-order valence-corrected chi connectivity index (χ4v) is 3.87. The maximum atomic E-state index is 14.0. The van der Waals surface area contributed by atoms with Crippen LogP contribution >= 0.6 is 0 Å². The highest BCUT2D eigenvalue weighted by molar-refractivity contribution is 5.95. The topological polar surface area (TPSA) is 53.4 Å². The minimum absolute atomic E-state index is 0.176. The van der Waals surface area contributed by atoms with Crippen LogP contribution in [0.3, 0.4) is 0 Å². The number of anilines is 1. The van der Waals surface area contributed by atoms with E-state index in [4.69, 9.17) is 0 Å². The molecule has 7 heteroatoms. The fraction of sp³-hybridized carbons (Fsp3) is 0.565. The highest BCUT2D eigenvalue weighted by atomic mass is 19.1. The van der Waals surface area contributed by atoms with E-state index in [0.29, 0.717) is 12.1 Å². The Morgan fingerprint density at radius 1 is 1.20 bits per heavy atom. The molecule has 0 atom stereocenters. The van der Waals surface area contributed by atoms with Crippen LogP contribution in [0.15, 0.2) is 24.4 Å². The van der Waals surface area contributed by atoms with Crippen LogP contribution in [-0.2, 0) is 18.5 Å². The lowest BCUT2D eigenvalue weighted by molar-refractivity contribution is 0.0948. The molecule has 30 heavy (non-hydrogen) atoms. The summed E-state index contributed by atoms with van der Waals surface area (Å²) in [5.41, 5.74) is 2.91. The van der Waals surface area contributed by atoms with E-state index in [9.17, 15) is 9.18 Å². The van der Waals surface area contributed by atoms with Gasteiger partial charge in [0, 0.05) is 50.0 Å². The Kier molecular flexibility index (Phi) is 6.81. The summed E-state index contributed by atoms with van der Waals surface area (Å²) in [5, 5.41) is 7.58. The van der Waals surface area contributed by atoms with Crippen molar-refractivity contribution in [2.45, 2.75) is 52.6 Å². The van der Waals surface area contributed by atoms with Crippen LogP contribution in [-0.4, -0.2) is 53.8 Å². The van der Waals surface area contributed by atoms with Crippen LogP contribution in [0.1, 0.15) is 55.7 Å². The molecular weight excluding hydrogens is 381 g/mol. The van der Waals surface area contributed by atoms with Gasteiger partial charge in [-0.15, -0.1) is 0 Å². The highest BCUT2D eigenvalue weighted by Gasteiger charge is 2.26. The first kappa shape index (κ1) is 22.3. The summed E-state index contributed by atoms with van der Waals surface area (Å²) in [7, 11) is 2.12. The molecule has 1 aliphatic heterocycles. The Balaban J connectivity index is 1.80. The van der Waals surface area contributed by atoms with Crippen molar-refractivity contribution >= 4 is 11.6 Å². The van der Waals surface area contributed by atoms with Crippen LogP contribution in [0.5, 0.6) is 0 Å². The van der Waals surface area contributed by atoms with E-state index in [0.717, 1.165) is 49.5 Å². The number of rotatable bonds is 5. The second-order valence-corrected chi connectivity index (χ2v) is 9.10. The van der Waals surface area contributed by atoms with Gasteiger partial charge in [-0.3, -0.25) is 9.48 Å². The van der Waals surface area contributed by atoms with Crippen molar-refractivity contribution in [2.24, 2.45) is 0 Å². The second-order valence-electron chi connectivity index (χ2n) is 9.10. The van der Waals surface area contributed by atoms with Crippen molar-refractivity contribution in [3.8, 4) is 0 Å². The number of carbonyl (C=O) groups excluding carboxylic acids is 1. The summed E-state index contributed by atoms with van der Waals surface area (Å²) in [6.07, 6.45) is 2.86. The number of nitrogens with one attached hydrogen (secondary N) is 1. The molecule has 6 nitrogen and oxygen atoms in total. The molecule has 0 unspecified atom stereocenters. The van der Waals surface area contributed by atoms with Gasteiger partial charge in [0.05, 0.1) is 11.3 Å². The average Bonchev–Trinajstić information content (AvgIpc) is 3.03. The van der Waals surface area contributed by atoms with Gasteiger partial charge in [-0.05, 0) is 50.7 Å². The lowest BCUT2D eigenvalue weighted by Gasteiger charge is -2.26. The van der Waals surface area contributed by atoms with E-state index in [1.807, 2.05) is 33.8 Å². The molecule has 0 aliphatic carbocycles. The zero-order valence-electron chi connectivity index (χ0n) is 18.8. The first-order chi connectivity index (χ1) is 14.2. The molecule has 0 spiro atoms. The molecule has 2 heterocycles. The van der Waals surface area contributed by atoms with Crippen LogP contribution < -0.4 is 10.2 Å². The summed E-state index contributed by atoms with van der Waals surface area (Å²) in [6.45, 7) is 13.0. The zero-order valence-corrected chi connectivity index (χ0v) is 18.8. The van der Waals surface area contributed by atoms with Crippen molar-refractivity contribution in [2.75, 3.05) is 38.1 Å². The summed E-state index contributed by atoms with van der Waals surface area (Å²) in [4.78, 5) is 17.6. The number of aryl methyl sites for hydroxylation is 1. The Bertz CT molecular complexity index is 886. The Morgan fingerprint density at radius 2 is 1.97 bits per heavy atom. The number of halogens is 1. The van der Waals surface area contributed by atoms with Gasteiger partial charge < -0.3 is 15.1 Å². The number of amides is 1. The number of nitrogens with zero attached hydrogens (tertiary/aromatic N) is 4. The van der Waals surface area contributed by atoms with Gasteiger partial charge in [0.25, 0.3) is 5.91 Å². The minimum atomic E-state index is -0.288. The summed E-state index contributed by atoms with van der Waals surface area (Å²) in [6, 6.07) is 4.86. The van der Waals surface area contributed by atoms with E-state index >= 15 is 0 Å². The molecule has 1 aromatic carbocycles. The van der Waals surface area contributed by atoms with Crippen LogP contribution in [0.4, 0.5) is 10.1 Å². The van der Waals surface area contributed by atoms with E-state index in [2.05, 4.69) is 27.3 Å². The molecule has 164 valence electrons. The average molecular weight is 416 g/mol. The van der Waals surface area contributed by atoms with Crippen molar-refractivity contribution in [3.63, 3.8) is 0 Å². The molecule has 1 aliphatic rings. The molecule has 0 radical (unpaired) electrons. The van der Waals surface area contributed by atoms with Gasteiger partial charge in [0.2, 0.25) is 0 Å². The Morgan fingerprint density at radius 3 is 2.67 bits per heavy atom. The third kappa shape index (κ3) is 5.19. The molecule has 1 N–H and O–H groups in total. The third-order valence-corrected chi connectivity index (χ3v) is 5.58. The summed E-state index contributed by atoms with van der Waals surface area (Å²) >= 11 is 0. The molecule has 0 saturated carbocycles. The maximum absolute atomic E-state index is 14.0. The Hall–Kier alpha value is -2.41. The Labute approximate surface area is 179 Å². The lowest BCUT2D eigenvalue weighted by atomic mass is 9.89. The standard InChI is InChI=1S/C23H34FN5O/c1-6-29-16-19(21(26-29)23(2,3)4)22(30)25-15-17-14-18(24)8-9-20(17)28-11-7-10-27(5)12-13-28/h8-9,14,16H,6-7,10-13,15H2,1-5H3,(H,25,30). The van der Waals surface area contributed by atoms with E-state index in [1.54, 1.807) is 10.9 Å². The normalized spacial score (nSPS) is 15.9. The van der Waals surface area contributed by atoms with Crippen molar-refractivity contribution in [3.05, 3.63) is 47.0 Å². The third-order valence-electron chi connectivity index (χ3n) is 5.58. The number of aromatic nitrogens is 2. The van der Waals surface area contributed by atoms with Crippen LogP contribution in [0.25, 0.3) is 0 Å². The van der Waals surface area contributed by atoms with E-state index in [-0.39, 0.29) is 23.7 Å². The molecular formula is C23H34FN5O. The van der Waals surface area contributed by atoms with Gasteiger partial charge in [-0.2, -0.15) is 5.10 Å². The van der Waals surface area contributed by atoms with E-state index < -0.39 is 0 Å². The number of carbonyl (C=O) groups is 1. The molecule has 0 bridgehead atoms. The smallest absolute Gasteiger partial charge is 0.255 e. The van der Waals surface area contributed by atoms with Gasteiger partial charge in [0.15, 0.2) is 0 Å². The predicted molar refractivity (Wildman–Crippen MR) is 118 cm³/mol. The predicted octanol–water partition coefficient (Wildman–Crippen LogP) is 3.41. The monoisotopic (exact) mass is 415 g/mol. The van der Waals surface area contributed by atoms with Crippen LogP contribution in [0, 0.1) is 5.82 Å². The van der Waals surface area contributed by atoms with Gasteiger partial charge in [-0.25, -0.2) is 4.39 Å². The number of hydrogen-bond acceptors (Lipinski definition) is 4. The van der Waals surface area contributed by atoms with Crippen molar-refractivity contribution < 1.29 is 9.18 Å². The van der Waals surface area contributed by atoms with Gasteiger partial charge >= 0.3 is 0 Å². The number of likely N-dealkylation sites (N-methyl/N-ethyl adjacent to an activating group) is 1. The molecule has 1 fully saturated rings. The van der Waals surface area contributed by atoms with Crippen LogP contribution in [0.2, 0.25) is 0 Å². The molecule has 2 aromatic rings. The fourth-order valence-electron chi connectivity index (χ4n) is 3.87. The molecule has 1 amide bonds. The quantitative estimate of drug-likeness (QED) is 0.813. The molecule has 1 aromatic heterocycles. The first-order valence-corrected chi connectivity index (χ1v) is 10.8. The first-order valence-electron chi connectivity index (χ1n) is 10.8. The minimum Gasteiger partial charge on any atom is -0.370 e. The second kappa shape index (κ2) is 9.16. The number of hydrogen-bond donors (Lipinski definition) is 1. The zero-order chi connectivity index (χ0) is 21.9. The van der Waals surface area contributed by atoms with Gasteiger partial charge in [0.1, 0.15) is 5.82 Å².